The zero-order valence-corrected chi connectivity index (χ0v) is 16.5. The number of benzene rings is 1. The number of anilines is 1. The van der Waals surface area contributed by atoms with E-state index < -0.39 is 24.5 Å². The van der Waals surface area contributed by atoms with Crippen LogP contribution in [0.25, 0.3) is 0 Å². The van der Waals surface area contributed by atoms with Gasteiger partial charge in [-0.3, -0.25) is 24.1 Å². The summed E-state index contributed by atoms with van der Waals surface area (Å²) in [6.07, 6.45) is 3.13. The van der Waals surface area contributed by atoms with E-state index in [1.807, 2.05) is 0 Å². The predicted molar refractivity (Wildman–Crippen MR) is 103 cm³/mol. The van der Waals surface area contributed by atoms with E-state index in [4.69, 9.17) is 4.74 Å². The van der Waals surface area contributed by atoms with Gasteiger partial charge in [0.15, 0.2) is 12.4 Å². The number of likely N-dealkylation sites (tertiary alicyclic amines) is 1. The van der Waals surface area contributed by atoms with E-state index >= 15 is 0 Å². The van der Waals surface area contributed by atoms with Gasteiger partial charge in [0.2, 0.25) is 11.8 Å². The summed E-state index contributed by atoms with van der Waals surface area (Å²) in [7, 11) is 0. The van der Waals surface area contributed by atoms with Crippen molar-refractivity contribution in [3.63, 3.8) is 0 Å². The molecule has 1 saturated carbocycles. The maximum Gasteiger partial charge on any atom is 0.329 e. The van der Waals surface area contributed by atoms with Crippen LogP contribution < -0.4 is 5.32 Å². The molecule has 1 saturated heterocycles. The molecule has 0 unspecified atom stereocenters. The van der Waals surface area contributed by atoms with Gasteiger partial charge in [-0.25, -0.2) is 4.79 Å². The molecule has 2 fully saturated rings. The molecule has 3 amide bonds. The minimum Gasteiger partial charge on any atom is -0.454 e. The Bertz CT molecular complexity index is 840. The number of ether oxygens (including phenoxy) is 1. The van der Waals surface area contributed by atoms with Gasteiger partial charge in [0.25, 0.3) is 5.91 Å². The van der Waals surface area contributed by atoms with Crippen LogP contribution in [0.15, 0.2) is 24.3 Å². The molecule has 3 atom stereocenters. The fourth-order valence-corrected chi connectivity index (χ4v) is 3.95. The molecule has 1 aromatic rings. The molecule has 0 aromatic heterocycles. The average Bonchev–Trinajstić information content (AvgIpc) is 2.96. The topological polar surface area (TPSA) is 110 Å². The fourth-order valence-electron chi connectivity index (χ4n) is 3.95. The number of esters is 1. The van der Waals surface area contributed by atoms with Crippen LogP contribution in [0.2, 0.25) is 0 Å². The number of amides is 3. The highest BCUT2D eigenvalue weighted by atomic mass is 16.5. The van der Waals surface area contributed by atoms with Gasteiger partial charge < -0.3 is 10.1 Å². The highest BCUT2D eigenvalue weighted by Crippen LogP contribution is 2.38. The van der Waals surface area contributed by atoms with Gasteiger partial charge in [-0.05, 0) is 38.8 Å². The lowest BCUT2D eigenvalue weighted by Crippen LogP contribution is -2.45. The number of Topliss-reactive ketones (excluding diaryl/α,β-unsaturated/α-hetero) is 1. The minimum atomic E-state index is -1.07. The summed E-state index contributed by atoms with van der Waals surface area (Å²) in [5.41, 5.74) is 0.849. The first kappa shape index (κ1) is 20.7. The van der Waals surface area contributed by atoms with Crippen LogP contribution in [0.1, 0.15) is 49.9 Å². The normalized spacial score (nSPS) is 22.1. The molecule has 0 spiro atoms. The summed E-state index contributed by atoms with van der Waals surface area (Å²) in [6, 6.07) is 5.31. The smallest absolute Gasteiger partial charge is 0.329 e. The summed E-state index contributed by atoms with van der Waals surface area (Å²) in [6.45, 7) is 2.29. The number of nitrogens with zero attached hydrogens (tertiary/aromatic N) is 1. The molecule has 1 N–H and O–H groups in total. The van der Waals surface area contributed by atoms with Gasteiger partial charge in [0, 0.05) is 11.3 Å². The third-order valence-corrected chi connectivity index (χ3v) is 5.50. The molecule has 1 heterocycles. The molecule has 0 radical (unpaired) electrons. The number of hydrogen-bond acceptors (Lipinski definition) is 6. The molecule has 1 aromatic carbocycles. The van der Waals surface area contributed by atoms with Crippen molar-refractivity contribution < 1.29 is 28.7 Å². The van der Waals surface area contributed by atoms with Gasteiger partial charge in [-0.2, -0.15) is 0 Å². The number of nitrogens with one attached hydrogen (secondary N) is 1. The Morgan fingerprint density at radius 3 is 2.34 bits per heavy atom. The molecule has 29 heavy (non-hydrogen) atoms. The lowest BCUT2D eigenvalue weighted by Gasteiger charge is -2.21. The maximum atomic E-state index is 12.6. The van der Waals surface area contributed by atoms with Crippen LogP contribution in [0.4, 0.5) is 5.69 Å². The van der Waals surface area contributed by atoms with E-state index in [1.165, 1.54) is 19.9 Å². The highest BCUT2D eigenvalue weighted by molar-refractivity contribution is 6.08. The number of hydrogen-bond donors (Lipinski definition) is 1. The van der Waals surface area contributed by atoms with Crippen molar-refractivity contribution in [2.24, 2.45) is 11.8 Å². The SMILES string of the molecule is CC(=O)c1cccc(NC(=O)COC(=O)[C@H](C)N2C(=O)[C@@H]3CCCC[C@H]3C2=O)c1. The van der Waals surface area contributed by atoms with Gasteiger partial charge in [-0.15, -0.1) is 0 Å². The Labute approximate surface area is 168 Å². The summed E-state index contributed by atoms with van der Waals surface area (Å²) >= 11 is 0. The number of carbonyl (C=O) groups is 5. The lowest BCUT2D eigenvalue weighted by molar-refractivity contribution is -0.159. The second kappa shape index (κ2) is 8.55. The Morgan fingerprint density at radius 1 is 1.14 bits per heavy atom. The minimum absolute atomic E-state index is 0.137. The molecule has 8 heteroatoms. The quantitative estimate of drug-likeness (QED) is 0.444. The summed E-state index contributed by atoms with van der Waals surface area (Å²) in [4.78, 5) is 61.9. The van der Waals surface area contributed by atoms with Crippen LogP contribution >= 0.6 is 0 Å². The zero-order valence-electron chi connectivity index (χ0n) is 16.5. The third-order valence-electron chi connectivity index (χ3n) is 5.50. The van der Waals surface area contributed by atoms with E-state index in [-0.39, 0.29) is 29.4 Å². The van der Waals surface area contributed by atoms with Crippen molar-refractivity contribution >= 4 is 35.2 Å². The van der Waals surface area contributed by atoms with Crippen molar-refractivity contribution in [1.29, 1.82) is 0 Å². The first-order valence-electron chi connectivity index (χ1n) is 9.74. The molecule has 2 aliphatic rings. The highest BCUT2D eigenvalue weighted by Gasteiger charge is 2.51. The monoisotopic (exact) mass is 400 g/mol. The van der Waals surface area contributed by atoms with E-state index in [1.54, 1.807) is 18.2 Å². The van der Waals surface area contributed by atoms with E-state index in [2.05, 4.69) is 5.32 Å². The fraction of sp³-hybridized carbons (Fsp3) is 0.476. The molecule has 1 aliphatic carbocycles. The van der Waals surface area contributed by atoms with Crippen LogP contribution in [0.3, 0.4) is 0 Å². The van der Waals surface area contributed by atoms with Crippen molar-refractivity contribution in [3.05, 3.63) is 29.8 Å². The second-order valence-electron chi connectivity index (χ2n) is 7.51. The molecular formula is C21H24N2O6. The van der Waals surface area contributed by atoms with Gasteiger partial charge in [-0.1, -0.05) is 25.0 Å². The average molecular weight is 400 g/mol. The summed E-state index contributed by atoms with van der Waals surface area (Å²) in [5.74, 6) is -2.87. The lowest BCUT2D eigenvalue weighted by atomic mass is 9.81. The second-order valence-corrected chi connectivity index (χ2v) is 7.51. The Hall–Kier alpha value is -3.03. The Balaban J connectivity index is 1.55. The van der Waals surface area contributed by atoms with Crippen molar-refractivity contribution in [1.82, 2.24) is 4.90 Å². The van der Waals surface area contributed by atoms with E-state index in [9.17, 15) is 24.0 Å². The molecule has 154 valence electrons. The summed E-state index contributed by atoms with van der Waals surface area (Å²) < 4.78 is 5.01. The maximum absolute atomic E-state index is 12.6. The van der Waals surface area contributed by atoms with Gasteiger partial charge >= 0.3 is 5.97 Å². The molecule has 1 aliphatic heterocycles. The zero-order chi connectivity index (χ0) is 21.1. The standard InChI is InChI=1S/C21H24N2O6/c1-12(23-19(26)16-8-3-4-9-17(16)20(23)27)21(28)29-11-18(25)22-15-7-5-6-14(10-15)13(2)24/h5-7,10,12,16-17H,3-4,8-9,11H2,1-2H3,(H,22,25)/t12-,16+,17+/m0/s1. The third kappa shape index (κ3) is 4.36. The number of imide groups is 1. The molecule has 8 nitrogen and oxygen atoms in total. The van der Waals surface area contributed by atoms with E-state index in [0.29, 0.717) is 24.1 Å². The predicted octanol–water partition coefficient (Wildman–Crippen LogP) is 1.93. The number of fused-ring (bicyclic) bond motifs is 1. The molecule has 0 bridgehead atoms. The number of ketones is 1. The van der Waals surface area contributed by atoms with Gasteiger partial charge in [0.1, 0.15) is 6.04 Å². The van der Waals surface area contributed by atoms with Crippen LogP contribution in [-0.2, 0) is 23.9 Å². The van der Waals surface area contributed by atoms with Crippen molar-refractivity contribution in [3.8, 4) is 0 Å². The van der Waals surface area contributed by atoms with Crippen molar-refractivity contribution in [2.75, 3.05) is 11.9 Å². The van der Waals surface area contributed by atoms with Crippen molar-refractivity contribution in [2.45, 2.75) is 45.6 Å². The first-order valence-corrected chi connectivity index (χ1v) is 9.74. The first-order chi connectivity index (χ1) is 13.8. The number of rotatable bonds is 6. The van der Waals surface area contributed by atoms with Crippen LogP contribution in [-0.4, -0.2) is 47.0 Å². The van der Waals surface area contributed by atoms with E-state index in [0.717, 1.165) is 17.7 Å². The number of carbonyl (C=O) groups excluding carboxylic acids is 5. The van der Waals surface area contributed by atoms with Crippen LogP contribution in [0, 0.1) is 11.8 Å². The Morgan fingerprint density at radius 2 is 1.76 bits per heavy atom. The summed E-state index contributed by atoms with van der Waals surface area (Å²) in [5, 5.41) is 2.54. The largest absolute Gasteiger partial charge is 0.454 e. The van der Waals surface area contributed by atoms with Gasteiger partial charge in [0.05, 0.1) is 11.8 Å². The van der Waals surface area contributed by atoms with Crippen LogP contribution in [0.5, 0.6) is 0 Å². The Kier molecular flexibility index (Phi) is 6.10. The molecular weight excluding hydrogens is 376 g/mol. The molecule has 3 rings (SSSR count).